The largest absolute Gasteiger partial charge is 0.350 e. The maximum Gasteiger partial charge on any atom is 0.222 e. The van der Waals surface area contributed by atoms with Crippen LogP contribution in [0.2, 0.25) is 0 Å². The van der Waals surface area contributed by atoms with Crippen LogP contribution in [0.25, 0.3) is 0 Å². The van der Waals surface area contributed by atoms with Crippen LogP contribution in [0.3, 0.4) is 0 Å². The van der Waals surface area contributed by atoms with Crippen LogP contribution in [0, 0.1) is 5.92 Å². The number of aromatic nitrogens is 2. The molecule has 0 bridgehead atoms. The normalized spacial score (nSPS) is 12.9. The average Bonchev–Trinajstić information content (AvgIpc) is 2.19. The van der Waals surface area contributed by atoms with E-state index in [-0.39, 0.29) is 6.04 Å². The van der Waals surface area contributed by atoms with Gasteiger partial charge in [-0.3, -0.25) is 0 Å². The molecule has 0 saturated heterocycles. The first kappa shape index (κ1) is 12.4. The van der Waals surface area contributed by atoms with Crippen molar-refractivity contribution in [2.45, 2.75) is 26.3 Å². The van der Waals surface area contributed by atoms with E-state index in [0.29, 0.717) is 18.4 Å². The van der Waals surface area contributed by atoms with Crippen molar-refractivity contribution in [3.05, 3.63) is 16.9 Å². The second-order valence-electron chi connectivity index (χ2n) is 3.93. The summed E-state index contributed by atoms with van der Waals surface area (Å²) >= 11 is 3.29. The summed E-state index contributed by atoms with van der Waals surface area (Å²) in [5, 5.41) is 3.22. The second-order valence-corrected chi connectivity index (χ2v) is 4.85. The number of rotatable bonds is 5. The zero-order valence-electron chi connectivity index (χ0n) is 9.07. The number of nitrogens with one attached hydrogen (secondary N) is 1. The standard InChI is InChI=1S/C10H17BrN4/c1-7(2)3-9(4-12)15-10-13-5-8(11)6-14-10/h5-7,9H,3-4,12H2,1-2H3,(H,13,14,15). The molecular weight excluding hydrogens is 256 g/mol. The zero-order valence-corrected chi connectivity index (χ0v) is 10.7. The lowest BCUT2D eigenvalue weighted by molar-refractivity contribution is 0.519. The number of nitrogens with two attached hydrogens (primary N) is 1. The Kier molecular flexibility index (Phi) is 4.98. The van der Waals surface area contributed by atoms with E-state index in [1.54, 1.807) is 12.4 Å². The van der Waals surface area contributed by atoms with Gasteiger partial charge in [-0.1, -0.05) is 13.8 Å². The van der Waals surface area contributed by atoms with Crippen molar-refractivity contribution in [1.82, 2.24) is 9.97 Å². The van der Waals surface area contributed by atoms with Gasteiger partial charge >= 0.3 is 0 Å². The predicted octanol–water partition coefficient (Wildman–Crippen LogP) is 2.02. The Balaban J connectivity index is 2.54. The van der Waals surface area contributed by atoms with Crippen molar-refractivity contribution in [3.8, 4) is 0 Å². The van der Waals surface area contributed by atoms with Crippen LogP contribution in [0.5, 0.6) is 0 Å². The molecule has 0 aliphatic heterocycles. The van der Waals surface area contributed by atoms with Gasteiger partial charge in [0.1, 0.15) is 0 Å². The van der Waals surface area contributed by atoms with Gasteiger partial charge in [-0.15, -0.1) is 0 Å². The lowest BCUT2D eigenvalue weighted by atomic mass is 10.0. The summed E-state index contributed by atoms with van der Waals surface area (Å²) in [5.74, 6) is 1.25. The summed E-state index contributed by atoms with van der Waals surface area (Å²) in [6.45, 7) is 4.94. The number of hydrogen-bond acceptors (Lipinski definition) is 4. The molecule has 1 rings (SSSR count). The molecule has 3 N–H and O–H groups in total. The van der Waals surface area contributed by atoms with Gasteiger partial charge in [0.2, 0.25) is 5.95 Å². The molecule has 0 fully saturated rings. The third-order valence-corrected chi connectivity index (χ3v) is 2.40. The molecule has 0 spiro atoms. The summed E-state index contributed by atoms with van der Waals surface area (Å²) in [7, 11) is 0. The Bertz CT molecular complexity index is 286. The third-order valence-electron chi connectivity index (χ3n) is 1.99. The van der Waals surface area contributed by atoms with E-state index in [1.165, 1.54) is 0 Å². The van der Waals surface area contributed by atoms with Gasteiger partial charge in [0.25, 0.3) is 0 Å². The number of anilines is 1. The minimum Gasteiger partial charge on any atom is -0.350 e. The van der Waals surface area contributed by atoms with Crippen LogP contribution in [0.1, 0.15) is 20.3 Å². The van der Waals surface area contributed by atoms with Crippen LogP contribution in [0.15, 0.2) is 16.9 Å². The third kappa shape index (κ3) is 4.57. The molecule has 1 atom stereocenters. The molecule has 4 nitrogen and oxygen atoms in total. The smallest absolute Gasteiger partial charge is 0.222 e. The minimum absolute atomic E-state index is 0.242. The second kappa shape index (κ2) is 6.02. The molecule has 0 radical (unpaired) electrons. The van der Waals surface area contributed by atoms with Crippen molar-refractivity contribution in [3.63, 3.8) is 0 Å². The first-order valence-corrected chi connectivity index (χ1v) is 5.85. The molecular formula is C10H17BrN4. The number of nitrogens with zero attached hydrogens (tertiary/aromatic N) is 2. The molecule has 1 aromatic rings. The average molecular weight is 273 g/mol. The highest BCUT2D eigenvalue weighted by Gasteiger charge is 2.09. The van der Waals surface area contributed by atoms with E-state index in [0.717, 1.165) is 10.9 Å². The highest BCUT2D eigenvalue weighted by atomic mass is 79.9. The molecule has 1 heterocycles. The maximum absolute atomic E-state index is 5.67. The van der Waals surface area contributed by atoms with Crippen molar-refractivity contribution < 1.29 is 0 Å². The van der Waals surface area contributed by atoms with Gasteiger partial charge in [-0.05, 0) is 28.3 Å². The van der Waals surface area contributed by atoms with Crippen LogP contribution < -0.4 is 11.1 Å². The van der Waals surface area contributed by atoms with Crippen LogP contribution >= 0.6 is 15.9 Å². The molecule has 1 unspecified atom stereocenters. The molecule has 84 valence electrons. The molecule has 1 aromatic heterocycles. The maximum atomic E-state index is 5.67. The molecule has 0 saturated carbocycles. The molecule has 0 aliphatic rings. The fourth-order valence-electron chi connectivity index (χ4n) is 1.35. The predicted molar refractivity (Wildman–Crippen MR) is 65.7 cm³/mol. The van der Waals surface area contributed by atoms with Gasteiger partial charge in [-0.2, -0.15) is 0 Å². The molecule has 0 aromatic carbocycles. The SMILES string of the molecule is CC(C)CC(CN)Nc1ncc(Br)cn1. The van der Waals surface area contributed by atoms with E-state index in [9.17, 15) is 0 Å². The van der Waals surface area contributed by atoms with Crippen LogP contribution in [-0.4, -0.2) is 22.6 Å². The summed E-state index contributed by atoms with van der Waals surface area (Å²) in [6, 6.07) is 0.242. The fraction of sp³-hybridized carbons (Fsp3) is 0.600. The minimum atomic E-state index is 0.242. The quantitative estimate of drug-likeness (QED) is 0.861. The van der Waals surface area contributed by atoms with Crippen LogP contribution in [0.4, 0.5) is 5.95 Å². The summed E-state index contributed by atoms with van der Waals surface area (Å²) in [4.78, 5) is 8.30. The lowest BCUT2D eigenvalue weighted by Crippen LogP contribution is -2.31. The van der Waals surface area contributed by atoms with Crippen molar-refractivity contribution in [1.29, 1.82) is 0 Å². The molecule has 0 amide bonds. The first-order valence-electron chi connectivity index (χ1n) is 5.06. The number of halogens is 1. The topological polar surface area (TPSA) is 63.8 Å². The Labute approximate surface area is 98.8 Å². The highest BCUT2D eigenvalue weighted by Crippen LogP contribution is 2.10. The first-order chi connectivity index (χ1) is 7.11. The van der Waals surface area contributed by atoms with Gasteiger partial charge in [-0.25, -0.2) is 9.97 Å². The zero-order chi connectivity index (χ0) is 11.3. The highest BCUT2D eigenvalue weighted by molar-refractivity contribution is 9.10. The van der Waals surface area contributed by atoms with Crippen LogP contribution in [-0.2, 0) is 0 Å². The Hall–Kier alpha value is -0.680. The van der Waals surface area contributed by atoms with Gasteiger partial charge < -0.3 is 11.1 Å². The van der Waals surface area contributed by atoms with Gasteiger partial charge in [0.15, 0.2) is 0 Å². The summed E-state index contributed by atoms with van der Waals surface area (Å²) in [5.41, 5.74) is 5.67. The molecule has 5 heteroatoms. The van der Waals surface area contributed by atoms with Crippen molar-refractivity contribution in [2.24, 2.45) is 11.7 Å². The molecule has 15 heavy (non-hydrogen) atoms. The van der Waals surface area contributed by atoms with E-state index in [1.807, 2.05) is 0 Å². The Morgan fingerprint density at radius 3 is 2.47 bits per heavy atom. The van der Waals surface area contributed by atoms with E-state index in [4.69, 9.17) is 5.73 Å². The van der Waals surface area contributed by atoms with Crippen molar-refractivity contribution in [2.75, 3.05) is 11.9 Å². The van der Waals surface area contributed by atoms with Gasteiger partial charge in [0.05, 0.1) is 4.47 Å². The van der Waals surface area contributed by atoms with Gasteiger partial charge in [0, 0.05) is 25.0 Å². The monoisotopic (exact) mass is 272 g/mol. The lowest BCUT2D eigenvalue weighted by Gasteiger charge is -2.18. The fourth-order valence-corrected chi connectivity index (χ4v) is 1.56. The van der Waals surface area contributed by atoms with E-state index in [2.05, 4.69) is 45.1 Å². The Morgan fingerprint density at radius 2 is 2.00 bits per heavy atom. The van der Waals surface area contributed by atoms with Crippen molar-refractivity contribution >= 4 is 21.9 Å². The number of hydrogen-bond donors (Lipinski definition) is 2. The summed E-state index contributed by atoms with van der Waals surface area (Å²) in [6.07, 6.45) is 4.46. The summed E-state index contributed by atoms with van der Waals surface area (Å²) < 4.78 is 0.876. The molecule has 0 aliphatic carbocycles. The van der Waals surface area contributed by atoms with E-state index >= 15 is 0 Å². The van der Waals surface area contributed by atoms with E-state index < -0.39 is 0 Å². The Morgan fingerprint density at radius 1 is 1.40 bits per heavy atom.